The minimum atomic E-state index is 0.182. The Balaban J connectivity index is 0.000000181. The summed E-state index contributed by atoms with van der Waals surface area (Å²) in [5.41, 5.74) is 2.40. The molecule has 0 aromatic carbocycles. The van der Waals surface area contributed by atoms with Gasteiger partial charge in [-0.15, -0.1) is 0 Å². The van der Waals surface area contributed by atoms with Gasteiger partial charge in [-0.05, 0) is 31.2 Å². The van der Waals surface area contributed by atoms with Crippen molar-refractivity contribution in [2.24, 2.45) is 0 Å². The van der Waals surface area contributed by atoms with Gasteiger partial charge in [0.2, 0.25) is 0 Å². The number of aryl methyl sites for hydroxylation is 1. The third-order valence-corrected chi connectivity index (χ3v) is 2.25. The van der Waals surface area contributed by atoms with Crippen molar-refractivity contribution in [1.82, 2.24) is 9.97 Å². The second kappa shape index (κ2) is 6.14. The Kier molecular flexibility index (Phi) is 4.83. The zero-order valence-corrected chi connectivity index (χ0v) is 11.0. The largest absolute Gasteiger partial charge is 0.262 e. The molecule has 0 radical (unpaired) electrons. The van der Waals surface area contributed by atoms with Gasteiger partial charge in [0.15, 0.2) is 0 Å². The van der Waals surface area contributed by atoms with Gasteiger partial charge in [0, 0.05) is 29.2 Å². The molecule has 0 fully saturated rings. The van der Waals surface area contributed by atoms with Gasteiger partial charge in [0.1, 0.15) is 0 Å². The van der Waals surface area contributed by atoms with Crippen molar-refractivity contribution >= 4 is 0 Å². The standard InChI is InChI=1S/C9H13N.C6H7N/c1-9(2,3)8-6-4-5-7-10-8;1-6-4-2-3-5-7-6/h4-7H,1-3H3;2-5H,1H3. The van der Waals surface area contributed by atoms with Gasteiger partial charge in [0.05, 0.1) is 0 Å². The Morgan fingerprint density at radius 2 is 1.41 bits per heavy atom. The number of rotatable bonds is 0. The molecule has 0 aliphatic rings. The van der Waals surface area contributed by atoms with Crippen molar-refractivity contribution in [2.75, 3.05) is 0 Å². The van der Waals surface area contributed by atoms with Crippen LogP contribution in [0.15, 0.2) is 48.8 Å². The highest BCUT2D eigenvalue weighted by Gasteiger charge is 2.13. The fourth-order valence-corrected chi connectivity index (χ4v) is 1.25. The van der Waals surface area contributed by atoms with Gasteiger partial charge in [-0.25, -0.2) is 0 Å². The van der Waals surface area contributed by atoms with Crippen molar-refractivity contribution in [3.63, 3.8) is 0 Å². The normalized spacial score (nSPS) is 10.4. The van der Waals surface area contributed by atoms with Crippen LogP contribution in [-0.4, -0.2) is 9.97 Å². The molecule has 2 heterocycles. The summed E-state index contributed by atoms with van der Waals surface area (Å²) in [5, 5.41) is 0. The summed E-state index contributed by atoms with van der Waals surface area (Å²) in [6.07, 6.45) is 3.62. The molecule has 0 saturated heterocycles. The topological polar surface area (TPSA) is 25.8 Å². The van der Waals surface area contributed by atoms with Crippen LogP contribution in [0, 0.1) is 6.92 Å². The Labute approximate surface area is 104 Å². The van der Waals surface area contributed by atoms with Gasteiger partial charge in [-0.1, -0.05) is 32.9 Å². The van der Waals surface area contributed by atoms with Crippen LogP contribution in [0.2, 0.25) is 0 Å². The molecule has 0 atom stereocenters. The zero-order valence-electron chi connectivity index (χ0n) is 11.0. The van der Waals surface area contributed by atoms with E-state index in [1.54, 1.807) is 6.20 Å². The van der Waals surface area contributed by atoms with Crippen LogP contribution in [0.5, 0.6) is 0 Å². The number of nitrogens with zero attached hydrogens (tertiary/aromatic N) is 2. The van der Waals surface area contributed by atoms with Crippen molar-refractivity contribution in [2.45, 2.75) is 33.1 Å². The molecule has 0 bridgehead atoms. The maximum Gasteiger partial charge on any atom is 0.0457 e. The quantitative estimate of drug-likeness (QED) is 0.686. The van der Waals surface area contributed by atoms with Crippen LogP contribution in [0.4, 0.5) is 0 Å². The van der Waals surface area contributed by atoms with Crippen molar-refractivity contribution in [1.29, 1.82) is 0 Å². The summed E-state index contributed by atoms with van der Waals surface area (Å²) in [5.74, 6) is 0. The van der Waals surface area contributed by atoms with Crippen LogP contribution >= 0.6 is 0 Å². The maximum atomic E-state index is 4.25. The lowest BCUT2D eigenvalue weighted by molar-refractivity contribution is 0.569. The third-order valence-electron chi connectivity index (χ3n) is 2.25. The molecule has 17 heavy (non-hydrogen) atoms. The number of aromatic nitrogens is 2. The van der Waals surface area contributed by atoms with Crippen LogP contribution in [-0.2, 0) is 5.41 Å². The molecule has 0 amide bonds. The first-order chi connectivity index (χ1) is 8.00. The highest BCUT2D eigenvalue weighted by atomic mass is 14.7. The molecular weight excluding hydrogens is 208 g/mol. The average Bonchev–Trinajstić information content (AvgIpc) is 2.31. The van der Waals surface area contributed by atoms with E-state index >= 15 is 0 Å². The maximum absolute atomic E-state index is 4.25. The van der Waals surface area contributed by atoms with Crippen LogP contribution in [0.3, 0.4) is 0 Å². The molecule has 2 nitrogen and oxygen atoms in total. The van der Waals surface area contributed by atoms with Crippen LogP contribution < -0.4 is 0 Å². The number of pyridine rings is 2. The first-order valence-corrected chi connectivity index (χ1v) is 5.79. The Hall–Kier alpha value is -1.70. The Morgan fingerprint density at radius 1 is 0.824 bits per heavy atom. The molecule has 0 aliphatic carbocycles. The van der Waals surface area contributed by atoms with E-state index < -0.39 is 0 Å². The average molecular weight is 228 g/mol. The molecule has 2 rings (SSSR count). The van der Waals surface area contributed by atoms with Gasteiger partial charge < -0.3 is 0 Å². The first-order valence-electron chi connectivity index (χ1n) is 5.79. The monoisotopic (exact) mass is 228 g/mol. The van der Waals surface area contributed by atoms with E-state index in [1.165, 1.54) is 0 Å². The Bertz CT molecular complexity index is 416. The smallest absolute Gasteiger partial charge is 0.0457 e. The van der Waals surface area contributed by atoms with E-state index in [9.17, 15) is 0 Å². The molecule has 90 valence electrons. The summed E-state index contributed by atoms with van der Waals surface area (Å²) in [6, 6.07) is 11.9. The lowest BCUT2D eigenvalue weighted by Crippen LogP contribution is -2.12. The predicted octanol–water partition coefficient (Wildman–Crippen LogP) is 3.77. The van der Waals surface area contributed by atoms with Crippen LogP contribution in [0.25, 0.3) is 0 Å². The molecule has 0 N–H and O–H groups in total. The highest BCUT2D eigenvalue weighted by Crippen LogP contribution is 2.18. The fraction of sp³-hybridized carbons (Fsp3) is 0.333. The lowest BCUT2D eigenvalue weighted by atomic mass is 9.92. The Morgan fingerprint density at radius 3 is 1.65 bits per heavy atom. The second-order valence-corrected chi connectivity index (χ2v) is 4.94. The number of hydrogen-bond acceptors (Lipinski definition) is 2. The molecule has 0 aliphatic heterocycles. The number of hydrogen-bond donors (Lipinski definition) is 0. The van der Waals surface area contributed by atoms with Gasteiger partial charge in [-0.2, -0.15) is 0 Å². The van der Waals surface area contributed by atoms with E-state index in [2.05, 4.69) is 36.8 Å². The fourth-order valence-electron chi connectivity index (χ4n) is 1.25. The molecule has 2 heteroatoms. The lowest BCUT2D eigenvalue weighted by Gasteiger charge is -2.16. The van der Waals surface area contributed by atoms with Gasteiger partial charge in [0.25, 0.3) is 0 Å². The molecule has 0 saturated carbocycles. The van der Waals surface area contributed by atoms with Gasteiger partial charge >= 0.3 is 0 Å². The van der Waals surface area contributed by atoms with E-state index in [4.69, 9.17) is 0 Å². The minimum Gasteiger partial charge on any atom is -0.262 e. The van der Waals surface area contributed by atoms with E-state index in [1.807, 2.05) is 43.5 Å². The van der Waals surface area contributed by atoms with Crippen molar-refractivity contribution < 1.29 is 0 Å². The highest BCUT2D eigenvalue weighted by molar-refractivity contribution is 5.12. The SMILES string of the molecule is CC(C)(C)c1ccccn1.Cc1ccccn1. The van der Waals surface area contributed by atoms with Crippen LogP contribution in [0.1, 0.15) is 32.2 Å². The molecule has 0 unspecified atom stereocenters. The minimum absolute atomic E-state index is 0.182. The summed E-state index contributed by atoms with van der Waals surface area (Å²) in [6.45, 7) is 8.46. The summed E-state index contributed by atoms with van der Waals surface area (Å²) in [7, 11) is 0. The van der Waals surface area contributed by atoms with Crippen molar-refractivity contribution in [3.05, 3.63) is 60.2 Å². The summed E-state index contributed by atoms with van der Waals surface area (Å²) < 4.78 is 0. The molecule has 0 spiro atoms. The summed E-state index contributed by atoms with van der Waals surface area (Å²) in [4.78, 5) is 8.23. The molecule has 2 aromatic rings. The predicted molar refractivity (Wildman–Crippen MR) is 71.9 cm³/mol. The molecule has 2 aromatic heterocycles. The second-order valence-electron chi connectivity index (χ2n) is 4.94. The summed E-state index contributed by atoms with van der Waals surface area (Å²) >= 11 is 0. The van der Waals surface area contributed by atoms with E-state index in [0.29, 0.717) is 0 Å². The van der Waals surface area contributed by atoms with Gasteiger partial charge in [-0.3, -0.25) is 9.97 Å². The van der Waals surface area contributed by atoms with Crippen molar-refractivity contribution in [3.8, 4) is 0 Å². The van der Waals surface area contributed by atoms with E-state index in [-0.39, 0.29) is 5.41 Å². The van der Waals surface area contributed by atoms with E-state index in [0.717, 1.165) is 11.4 Å². The molecular formula is C15H20N2. The third kappa shape index (κ3) is 5.25. The first kappa shape index (κ1) is 13.4. The zero-order chi connectivity index (χ0) is 12.7.